The SMILES string of the molecule is CCn1c(=O)n(CC(=O)NCCCCCCNC(=O)COc2cccc3c2C(=O)N(C2CCC(=O)NC2=O)C3=O)c(=O)c2cc(C(N)=O)c(N)nc21. The number of nitrogens with two attached hydrogens (primary N) is 2. The minimum atomic E-state index is -1.13. The average Bonchev–Trinajstić information content (AvgIpc) is 3.36. The molecule has 1 atom stereocenters. The topological polar surface area (TPSA) is 277 Å². The van der Waals surface area contributed by atoms with Gasteiger partial charge in [0.05, 0.1) is 22.1 Å². The van der Waals surface area contributed by atoms with Crippen molar-refractivity contribution in [1.82, 2.24) is 35.0 Å². The lowest BCUT2D eigenvalue weighted by atomic mass is 10.0. The maximum Gasteiger partial charge on any atom is 0.333 e. The highest BCUT2D eigenvalue weighted by Gasteiger charge is 2.46. The highest BCUT2D eigenvalue weighted by Crippen LogP contribution is 2.33. The zero-order valence-electron chi connectivity index (χ0n) is 28.2. The molecule has 0 bridgehead atoms. The van der Waals surface area contributed by atoms with Crippen LogP contribution in [0.5, 0.6) is 5.75 Å². The first-order valence-electron chi connectivity index (χ1n) is 16.6. The number of ether oxygens (including phenoxy) is 1. The molecule has 7 amide bonds. The molecule has 4 heterocycles. The van der Waals surface area contributed by atoms with Crippen molar-refractivity contribution in [3.8, 4) is 5.75 Å². The summed E-state index contributed by atoms with van der Waals surface area (Å²) in [4.78, 5) is 118. The van der Waals surface area contributed by atoms with E-state index in [1.165, 1.54) is 22.8 Å². The molecule has 52 heavy (non-hydrogen) atoms. The first-order chi connectivity index (χ1) is 24.8. The summed E-state index contributed by atoms with van der Waals surface area (Å²) in [5.74, 6) is -4.76. The number of benzene rings is 1. The Morgan fingerprint density at radius 1 is 0.962 bits per heavy atom. The molecule has 1 saturated heterocycles. The number of nitrogen functional groups attached to an aromatic ring is 1. The summed E-state index contributed by atoms with van der Waals surface area (Å²) in [6.45, 7) is 1.40. The maximum absolute atomic E-state index is 13.2. The van der Waals surface area contributed by atoms with E-state index in [0.717, 1.165) is 15.5 Å². The number of aromatic nitrogens is 3. The van der Waals surface area contributed by atoms with E-state index >= 15 is 0 Å². The number of imide groups is 2. The fourth-order valence-corrected chi connectivity index (χ4v) is 6.03. The Bertz CT molecular complexity index is 2120. The Hall–Kier alpha value is -6.40. The number of nitrogens with zero attached hydrogens (tertiary/aromatic N) is 4. The second kappa shape index (κ2) is 15.7. The van der Waals surface area contributed by atoms with E-state index in [1.807, 2.05) is 0 Å². The van der Waals surface area contributed by atoms with Crippen molar-refractivity contribution in [1.29, 1.82) is 0 Å². The molecule has 1 unspecified atom stereocenters. The Labute approximate surface area is 294 Å². The Balaban J connectivity index is 1.03. The third kappa shape index (κ3) is 7.52. The molecule has 0 spiro atoms. The van der Waals surface area contributed by atoms with Crippen molar-refractivity contribution >= 4 is 58.2 Å². The maximum atomic E-state index is 13.2. The van der Waals surface area contributed by atoms with Gasteiger partial charge in [0.1, 0.15) is 24.2 Å². The van der Waals surface area contributed by atoms with Crippen LogP contribution in [0.2, 0.25) is 0 Å². The van der Waals surface area contributed by atoms with Crippen LogP contribution in [0.4, 0.5) is 5.82 Å². The van der Waals surface area contributed by atoms with E-state index < -0.39 is 71.8 Å². The first-order valence-corrected chi connectivity index (χ1v) is 16.6. The van der Waals surface area contributed by atoms with Crippen molar-refractivity contribution in [2.24, 2.45) is 5.73 Å². The second-order valence-corrected chi connectivity index (χ2v) is 12.1. The van der Waals surface area contributed by atoms with Gasteiger partial charge < -0.3 is 26.8 Å². The number of pyridine rings is 1. The average molecular weight is 720 g/mol. The van der Waals surface area contributed by atoms with E-state index in [4.69, 9.17) is 16.2 Å². The Kier molecular flexibility index (Phi) is 11.1. The number of fused-ring (bicyclic) bond motifs is 2. The standard InChI is InChI=1S/C33H37N9O10/c1-2-40-28-19(14-18(27(35)46)26(34)39-28)30(48)41(33(40)51)15-23(44)36-12-5-3-4-6-13-37-24(45)16-52-21-9-7-8-17-25(21)32(50)42(31(17)49)20-10-11-22(43)38-29(20)47/h7-9,14,20H,2-6,10-13,15-16H2,1H3,(H2,34,39)(H2,35,46)(H,36,44)(H,37,45)(H,38,43,47). The highest BCUT2D eigenvalue weighted by atomic mass is 16.5. The number of aryl methyl sites for hydroxylation is 1. The normalized spacial score (nSPS) is 15.4. The molecule has 1 fully saturated rings. The van der Waals surface area contributed by atoms with E-state index in [-0.39, 0.29) is 65.2 Å². The molecule has 0 saturated carbocycles. The molecule has 19 heteroatoms. The summed E-state index contributed by atoms with van der Waals surface area (Å²) < 4.78 is 7.51. The molecule has 274 valence electrons. The van der Waals surface area contributed by atoms with Gasteiger partial charge in [0.2, 0.25) is 17.7 Å². The van der Waals surface area contributed by atoms with Crippen LogP contribution in [0.1, 0.15) is 76.5 Å². The summed E-state index contributed by atoms with van der Waals surface area (Å²) in [6.07, 6.45) is 2.61. The van der Waals surface area contributed by atoms with Gasteiger partial charge in [0.15, 0.2) is 12.3 Å². The molecule has 5 rings (SSSR count). The Morgan fingerprint density at radius 3 is 2.31 bits per heavy atom. The summed E-state index contributed by atoms with van der Waals surface area (Å²) in [6, 6.07) is 4.40. The van der Waals surface area contributed by atoms with Crippen LogP contribution >= 0.6 is 0 Å². The quantitative estimate of drug-likeness (QED) is 0.0890. The number of hydrogen-bond acceptors (Lipinski definition) is 12. The number of amides is 7. The molecule has 2 aliphatic rings. The van der Waals surface area contributed by atoms with E-state index in [0.29, 0.717) is 32.2 Å². The molecule has 3 aromatic rings. The number of rotatable bonds is 15. The predicted molar refractivity (Wildman–Crippen MR) is 182 cm³/mol. The zero-order valence-corrected chi connectivity index (χ0v) is 28.2. The van der Waals surface area contributed by atoms with Crippen LogP contribution in [0, 0.1) is 0 Å². The van der Waals surface area contributed by atoms with E-state index in [2.05, 4.69) is 20.9 Å². The number of nitrogens with one attached hydrogen (secondary N) is 3. The molecule has 0 radical (unpaired) electrons. The lowest BCUT2D eigenvalue weighted by Crippen LogP contribution is -2.54. The number of unbranched alkanes of at least 4 members (excludes halogenated alkanes) is 3. The number of carbonyl (C=O) groups excluding carboxylic acids is 7. The minimum absolute atomic E-state index is 0.0117. The van der Waals surface area contributed by atoms with Crippen LogP contribution in [-0.2, 0) is 32.3 Å². The van der Waals surface area contributed by atoms with Crippen LogP contribution in [0.25, 0.3) is 11.0 Å². The van der Waals surface area contributed by atoms with Crippen molar-refractivity contribution in [2.45, 2.75) is 64.6 Å². The predicted octanol–water partition coefficient (Wildman–Crippen LogP) is -1.47. The monoisotopic (exact) mass is 719 g/mol. The van der Waals surface area contributed by atoms with Gasteiger partial charge in [0.25, 0.3) is 29.2 Å². The third-order valence-corrected chi connectivity index (χ3v) is 8.64. The molecular weight excluding hydrogens is 682 g/mol. The number of carbonyl (C=O) groups is 7. The minimum Gasteiger partial charge on any atom is -0.483 e. The van der Waals surface area contributed by atoms with Gasteiger partial charge in [0, 0.05) is 26.1 Å². The van der Waals surface area contributed by atoms with Gasteiger partial charge in [-0.1, -0.05) is 18.9 Å². The van der Waals surface area contributed by atoms with Gasteiger partial charge in [-0.2, -0.15) is 0 Å². The second-order valence-electron chi connectivity index (χ2n) is 12.1. The van der Waals surface area contributed by atoms with Crippen molar-refractivity contribution in [3.63, 3.8) is 0 Å². The van der Waals surface area contributed by atoms with Crippen LogP contribution in [0.15, 0.2) is 33.9 Å². The fourth-order valence-electron chi connectivity index (χ4n) is 6.03. The van der Waals surface area contributed by atoms with Crippen LogP contribution in [0.3, 0.4) is 0 Å². The van der Waals surface area contributed by atoms with Gasteiger partial charge in [-0.25, -0.2) is 9.78 Å². The molecule has 1 aromatic carbocycles. The Morgan fingerprint density at radius 2 is 1.65 bits per heavy atom. The summed E-state index contributed by atoms with van der Waals surface area (Å²) in [5, 5.41) is 7.44. The molecule has 2 aliphatic heterocycles. The van der Waals surface area contributed by atoms with Gasteiger partial charge in [-0.15, -0.1) is 0 Å². The number of primary amides is 1. The fraction of sp³-hybridized carbons (Fsp3) is 0.394. The lowest BCUT2D eigenvalue weighted by Gasteiger charge is -2.27. The van der Waals surface area contributed by atoms with Gasteiger partial charge >= 0.3 is 5.69 Å². The third-order valence-electron chi connectivity index (χ3n) is 8.64. The van der Waals surface area contributed by atoms with E-state index in [9.17, 15) is 43.2 Å². The lowest BCUT2D eigenvalue weighted by molar-refractivity contribution is -0.136. The molecule has 19 nitrogen and oxygen atoms in total. The molecule has 0 aliphatic carbocycles. The van der Waals surface area contributed by atoms with Crippen molar-refractivity contribution in [2.75, 3.05) is 25.4 Å². The number of piperidine rings is 1. The number of anilines is 1. The summed E-state index contributed by atoms with van der Waals surface area (Å²) >= 11 is 0. The first kappa shape index (κ1) is 36.9. The zero-order chi connectivity index (χ0) is 37.7. The molecular formula is C33H37N9O10. The van der Waals surface area contributed by atoms with Crippen molar-refractivity contribution < 1.29 is 38.3 Å². The smallest absolute Gasteiger partial charge is 0.333 e. The summed E-state index contributed by atoms with van der Waals surface area (Å²) in [7, 11) is 0. The van der Waals surface area contributed by atoms with Crippen molar-refractivity contribution in [3.05, 3.63) is 61.8 Å². The molecule has 7 N–H and O–H groups in total. The largest absolute Gasteiger partial charge is 0.483 e. The summed E-state index contributed by atoms with van der Waals surface area (Å²) in [5.41, 5.74) is 9.31. The van der Waals surface area contributed by atoms with E-state index in [1.54, 1.807) is 6.92 Å². The number of hydrogen-bond donors (Lipinski definition) is 5. The molecule has 2 aromatic heterocycles. The highest BCUT2D eigenvalue weighted by molar-refractivity contribution is 6.24. The van der Waals surface area contributed by atoms with Gasteiger partial charge in [-0.05, 0) is 44.4 Å². The van der Waals surface area contributed by atoms with Crippen LogP contribution < -0.4 is 43.4 Å². The van der Waals surface area contributed by atoms with Gasteiger partial charge in [-0.3, -0.25) is 57.7 Å². The van der Waals surface area contributed by atoms with Crippen LogP contribution in [-0.4, -0.2) is 86.1 Å².